The smallest absolute Gasteiger partial charge is 0.165 e. The third-order valence-corrected chi connectivity index (χ3v) is 4.63. The summed E-state index contributed by atoms with van der Waals surface area (Å²) < 4.78 is 4.16. The summed E-state index contributed by atoms with van der Waals surface area (Å²) in [6, 6.07) is 10.6. The van der Waals surface area contributed by atoms with Gasteiger partial charge in [-0.2, -0.15) is 5.10 Å². The quantitative estimate of drug-likeness (QED) is 0.740. The van der Waals surface area contributed by atoms with E-state index in [-0.39, 0.29) is 12.4 Å². The van der Waals surface area contributed by atoms with Gasteiger partial charge in [0, 0.05) is 36.1 Å². The van der Waals surface area contributed by atoms with Crippen LogP contribution in [0.5, 0.6) is 0 Å². The largest absolute Gasteiger partial charge is 0.309 e. The first kappa shape index (κ1) is 16.1. The van der Waals surface area contributed by atoms with Gasteiger partial charge in [0.05, 0.1) is 12.2 Å². The molecule has 0 fully saturated rings. The highest BCUT2D eigenvalue weighted by Crippen LogP contribution is 2.23. The van der Waals surface area contributed by atoms with E-state index in [1.54, 1.807) is 11.8 Å². The molecular formula is C16H18ClN5S. The van der Waals surface area contributed by atoms with Crippen LogP contribution in [0.25, 0.3) is 17.2 Å². The number of imidazole rings is 1. The van der Waals surface area contributed by atoms with Crippen molar-refractivity contribution in [2.24, 2.45) is 0 Å². The van der Waals surface area contributed by atoms with Gasteiger partial charge in [-0.05, 0) is 36.6 Å². The summed E-state index contributed by atoms with van der Waals surface area (Å²) in [5.74, 6) is 0.888. The Bertz CT molecular complexity index is 770. The highest BCUT2D eigenvalue weighted by Gasteiger charge is 2.16. The van der Waals surface area contributed by atoms with E-state index in [1.807, 2.05) is 12.4 Å². The van der Waals surface area contributed by atoms with Crippen LogP contribution < -0.4 is 5.32 Å². The summed E-state index contributed by atoms with van der Waals surface area (Å²) in [4.78, 5) is 5.77. The summed E-state index contributed by atoms with van der Waals surface area (Å²) in [5, 5.41) is 8.07. The molecule has 0 aliphatic carbocycles. The molecule has 1 aromatic carbocycles. The molecule has 0 amide bonds. The second-order valence-electron chi connectivity index (χ2n) is 5.24. The fourth-order valence-electron chi connectivity index (χ4n) is 2.75. The van der Waals surface area contributed by atoms with Gasteiger partial charge >= 0.3 is 0 Å². The van der Waals surface area contributed by atoms with Gasteiger partial charge in [-0.25, -0.2) is 4.98 Å². The van der Waals surface area contributed by atoms with Gasteiger partial charge in [0.25, 0.3) is 0 Å². The Morgan fingerprint density at radius 2 is 2.04 bits per heavy atom. The van der Waals surface area contributed by atoms with Crippen LogP contribution in [0.3, 0.4) is 0 Å². The third kappa shape index (κ3) is 3.02. The molecule has 1 aliphatic rings. The second-order valence-corrected chi connectivity index (χ2v) is 6.12. The van der Waals surface area contributed by atoms with Crippen LogP contribution in [0.1, 0.15) is 5.69 Å². The van der Waals surface area contributed by atoms with E-state index in [2.05, 4.69) is 56.1 Å². The zero-order valence-electron chi connectivity index (χ0n) is 12.8. The molecule has 1 N–H and O–H groups in total. The van der Waals surface area contributed by atoms with Gasteiger partial charge in [-0.3, -0.25) is 9.25 Å². The number of fused-ring (bicyclic) bond motifs is 1. The van der Waals surface area contributed by atoms with Gasteiger partial charge in [0.2, 0.25) is 0 Å². The zero-order chi connectivity index (χ0) is 14.9. The summed E-state index contributed by atoms with van der Waals surface area (Å²) in [5.41, 5.74) is 3.25. The van der Waals surface area contributed by atoms with Crippen LogP contribution in [0.2, 0.25) is 0 Å². The maximum absolute atomic E-state index is 4.70. The molecule has 7 heteroatoms. The van der Waals surface area contributed by atoms with Crippen molar-refractivity contribution in [1.82, 2.24) is 24.6 Å². The van der Waals surface area contributed by atoms with E-state index in [9.17, 15) is 0 Å². The molecule has 0 bridgehead atoms. The highest BCUT2D eigenvalue weighted by atomic mass is 35.5. The van der Waals surface area contributed by atoms with Crippen molar-refractivity contribution in [3.63, 3.8) is 0 Å². The monoisotopic (exact) mass is 347 g/mol. The normalized spacial score (nSPS) is 13.4. The summed E-state index contributed by atoms with van der Waals surface area (Å²) >= 11 is 1.75. The third-order valence-electron chi connectivity index (χ3n) is 3.89. The molecule has 120 valence electrons. The lowest BCUT2D eigenvalue weighted by molar-refractivity contribution is 0.476. The average molecular weight is 348 g/mol. The number of halogens is 1. The minimum atomic E-state index is 0. The van der Waals surface area contributed by atoms with Crippen molar-refractivity contribution < 1.29 is 0 Å². The number of nitrogens with zero attached hydrogens (tertiary/aromatic N) is 4. The molecule has 0 unspecified atom stereocenters. The van der Waals surface area contributed by atoms with Crippen molar-refractivity contribution in [1.29, 1.82) is 0 Å². The average Bonchev–Trinajstić information content (AvgIpc) is 3.21. The van der Waals surface area contributed by atoms with Gasteiger partial charge in [-0.1, -0.05) is 0 Å². The van der Waals surface area contributed by atoms with E-state index >= 15 is 0 Å². The van der Waals surface area contributed by atoms with Gasteiger partial charge in [0.1, 0.15) is 5.69 Å². The molecule has 0 saturated heterocycles. The molecule has 0 spiro atoms. The Morgan fingerprint density at radius 3 is 2.78 bits per heavy atom. The SMILES string of the molecule is CSc1ccc(-n2ccnc2-c2cc3n(n2)CCNC3)cc1.Cl. The van der Waals surface area contributed by atoms with Crippen LogP contribution in [0.15, 0.2) is 47.6 Å². The van der Waals surface area contributed by atoms with E-state index in [4.69, 9.17) is 5.10 Å². The number of rotatable bonds is 3. The first-order valence-electron chi connectivity index (χ1n) is 7.31. The molecular weight excluding hydrogens is 330 g/mol. The lowest BCUT2D eigenvalue weighted by Gasteiger charge is -2.13. The van der Waals surface area contributed by atoms with Crippen LogP contribution in [-0.4, -0.2) is 32.1 Å². The Morgan fingerprint density at radius 1 is 1.22 bits per heavy atom. The molecule has 0 radical (unpaired) electrons. The first-order chi connectivity index (χ1) is 10.8. The van der Waals surface area contributed by atoms with Crippen molar-refractivity contribution in [2.75, 3.05) is 12.8 Å². The van der Waals surface area contributed by atoms with E-state index in [0.29, 0.717) is 0 Å². The Hall–Kier alpha value is -1.76. The van der Waals surface area contributed by atoms with Gasteiger partial charge in [-0.15, -0.1) is 24.2 Å². The predicted molar refractivity (Wildman–Crippen MR) is 95.5 cm³/mol. The molecule has 23 heavy (non-hydrogen) atoms. The number of aromatic nitrogens is 4. The summed E-state index contributed by atoms with van der Waals surface area (Å²) in [6.45, 7) is 2.76. The number of thioether (sulfide) groups is 1. The Balaban J connectivity index is 0.00000156. The second kappa shape index (κ2) is 6.78. The van der Waals surface area contributed by atoms with Crippen molar-refractivity contribution in [2.45, 2.75) is 18.0 Å². The molecule has 3 heterocycles. The van der Waals surface area contributed by atoms with Crippen molar-refractivity contribution >= 4 is 24.2 Å². The maximum atomic E-state index is 4.70. The molecule has 0 atom stereocenters. The summed E-state index contributed by atoms with van der Waals surface area (Å²) in [7, 11) is 0. The van der Waals surface area contributed by atoms with Crippen molar-refractivity contribution in [3.8, 4) is 17.2 Å². The standard InChI is InChI=1S/C16H17N5S.ClH/c1-22-14-4-2-12(3-5-14)20-8-7-18-16(20)15-10-13-11-17-6-9-21(13)19-15;/h2-5,7-8,10,17H,6,9,11H2,1H3;1H. The fourth-order valence-corrected chi connectivity index (χ4v) is 3.15. The maximum Gasteiger partial charge on any atom is 0.165 e. The van der Waals surface area contributed by atoms with E-state index in [1.165, 1.54) is 10.6 Å². The van der Waals surface area contributed by atoms with Crippen LogP contribution >= 0.6 is 24.2 Å². The van der Waals surface area contributed by atoms with Crippen LogP contribution in [-0.2, 0) is 13.1 Å². The first-order valence-corrected chi connectivity index (χ1v) is 8.53. The van der Waals surface area contributed by atoms with Gasteiger partial charge < -0.3 is 5.32 Å². The number of benzene rings is 1. The van der Waals surface area contributed by atoms with Crippen molar-refractivity contribution in [3.05, 3.63) is 48.4 Å². The number of nitrogens with one attached hydrogen (secondary N) is 1. The lowest BCUT2D eigenvalue weighted by atomic mass is 10.3. The molecule has 4 rings (SSSR count). The zero-order valence-corrected chi connectivity index (χ0v) is 14.4. The summed E-state index contributed by atoms with van der Waals surface area (Å²) in [6.07, 6.45) is 5.90. The molecule has 5 nitrogen and oxygen atoms in total. The van der Waals surface area contributed by atoms with E-state index < -0.39 is 0 Å². The van der Waals surface area contributed by atoms with Crippen LogP contribution in [0.4, 0.5) is 0 Å². The Labute approximate surface area is 145 Å². The predicted octanol–water partition coefficient (Wildman–Crippen LogP) is 2.98. The minimum Gasteiger partial charge on any atom is -0.309 e. The molecule has 1 aliphatic heterocycles. The van der Waals surface area contributed by atoms with E-state index in [0.717, 1.165) is 36.8 Å². The molecule has 3 aromatic rings. The topological polar surface area (TPSA) is 47.7 Å². The molecule has 0 saturated carbocycles. The minimum absolute atomic E-state index is 0. The van der Waals surface area contributed by atoms with Gasteiger partial charge in [0.15, 0.2) is 5.82 Å². The Kier molecular flexibility index (Phi) is 4.75. The number of hydrogen-bond donors (Lipinski definition) is 1. The lowest BCUT2D eigenvalue weighted by Crippen LogP contribution is -2.28. The highest BCUT2D eigenvalue weighted by molar-refractivity contribution is 7.98. The molecule has 2 aromatic heterocycles. The van der Waals surface area contributed by atoms with Crippen LogP contribution in [0, 0.1) is 0 Å². The number of hydrogen-bond acceptors (Lipinski definition) is 4. The fraction of sp³-hybridized carbons (Fsp3) is 0.250.